The van der Waals surface area contributed by atoms with Gasteiger partial charge in [-0.3, -0.25) is 19.2 Å². The number of hydrogen-bond acceptors (Lipinski definition) is 8. The molecule has 8 nitrogen and oxygen atoms in total. The molecule has 6 fully saturated rings. The Balaban J connectivity index is 1.07. The summed E-state index contributed by atoms with van der Waals surface area (Å²) in [6.07, 6.45) is 5.12. The fourth-order valence-electron chi connectivity index (χ4n) is 15.0. The Hall–Kier alpha value is -2.08. The first-order valence-corrected chi connectivity index (χ1v) is 20.1. The summed E-state index contributed by atoms with van der Waals surface area (Å²) in [5, 5.41) is 23.7. The number of allylic oxidation sites excluding steroid dienone is 2. The summed E-state index contributed by atoms with van der Waals surface area (Å²) in [7, 11) is 1.13. The number of hydrogen-bond donors (Lipinski definition) is 2. The molecular weight excluding hydrogens is 681 g/mol. The molecule has 2 N–H and O–H groups in total. The van der Waals surface area contributed by atoms with Gasteiger partial charge >= 0.3 is 7.69 Å². The second kappa shape index (κ2) is 11.7. The Labute approximate surface area is 312 Å². The lowest BCUT2D eigenvalue weighted by Gasteiger charge is -2.64. The molecule has 14 unspecified atom stereocenters. The zero-order chi connectivity index (χ0) is 38.4. The van der Waals surface area contributed by atoms with E-state index in [9.17, 15) is 29.4 Å². The van der Waals surface area contributed by atoms with Crippen molar-refractivity contribution in [2.75, 3.05) is 0 Å². The molecule has 0 spiro atoms. The van der Waals surface area contributed by atoms with Crippen molar-refractivity contribution in [3.63, 3.8) is 0 Å². The predicted molar refractivity (Wildman–Crippen MR) is 192 cm³/mol. The highest BCUT2D eigenvalue weighted by Gasteiger charge is 2.77. The Morgan fingerprint density at radius 3 is 1.38 bits per heavy atom. The smallest absolute Gasteiger partial charge is 0.400 e. The number of Topliss-reactive ketones (excluding diaryl/α,β-unsaturated/α-hetero) is 2. The van der Waals surface area contributed by atoms with Gasteiger partial charge in [-0.2, -0.15) is 0 Å². The first-order valence-electron chi connectivity index (χ1n) is 20.1. The fraction of sp³-hybridized carbons (Fsp3) is 0.810. The highest BCUT2D eigenvalue weighted by molar-refractivity contribution is 6.20. The van der Waals surface area contributed by atoms with E-state index in [1.807, 2.05) is 27.7 Å². The molecule has 6 saturated carbocycles. The van der Waals surface area contributed by atoms with E-state index in [2.05, 4.69) is 0 Å². The van der Waals surface area contributed by atoms with Crippen LogP contribution in [-0.4, -0.2) is 75.8 Å². The normalized spacial score (nSPS) is 52.9. The molecule has 289 valence electrons. The fourth-order valence-corrected chi connectivity index (χ4v) is 15.0. The lowest BCUT2D eigenvalue weighted by Crippen LogP contribution is -2.70. The third-order valence-corrected chi connectivity index (χ3v) is 18.0. The van der Waals surface area contributed by atoms with Gasteiger partial charge in [0.25, 0.3) is 0 Å². The zero-order valence-electron chi connectivity index (χ0n) is 32.2. The van der Waals surface area contributed by atoms with Gasteiger partial charge in [0.2, 0.25) is 0 Å². The topological polar surface area (TPSA) is 127 Å². The van der Waals surface area contributed by atoms with Crippen molar-refractivity contribution in [2.24, 2.45) is 45.3 Å². The van der Waals surface area contributed by atoms with Crippen molar-refractivity contribution in [1.82, 2.24) is 0 Å². The highest BCUT2D eigenvalue weighted by atomic mass is 19.1. The predicted octanol–water partition coefficient (Wildman–Crippen LogP) is 6.40. The average Bonchev–Trinajstić information content (AvgIpc) is 3.54. The number of aliphatic hydroxyl groups is 2. The van der Waals surface area contributed by atoms with Crippen molar-refractivity contribution >= 4 is 30.8 Å². The number of ketones is 4. The minimum Gasteiger partial charge on any atom is -0.400 e. The first kappa shape index (κ1) is 37.8. The van der Waals surface area contributed by atoms with Crippen LogP contribution in [0.3, 0.4) is 0 Å². The molecule has 8 aliphatic rings. The molecule has 0 aromatic rings. The van der Waals surface area contributed by atoms with Crippen molar-refractivity contribution in [2.45, 2.75) is 166 Å². The molecule has 0 aliphatic heterocycles. The van der Waals surface area contributed by atoms with Crippen LogP contribution in [0.1, 0.15) is 131 Å². The van der Waals surface area contributed by atoms with Crippen LogP contribution in [0.25, 0.3) is 0 Å². The van der Waals surface area contributed by atoms with Crippen molar-refractivity contribution in [1.29, 1.82) is 0 Å². The number of halogens is 2. The molecule has 0 bridgehead atoms. The minimum absolute atomic E-state index is 0.00572. The number of aliphatic hydroxyl groups excluding tert-OH is 2. The standard InChI is InChI=1S/C42H56BF2O8/c1-23(46)39(17-13-29-31-9-7-25-19-27(48)11-15-35(25,3)41(31,44)33(50)21-37(29,39)5)52-43-53-40(24(2)47)18-14-30-32-10-8-26-20-28(49)12-16-36(26,4)42(32,45)34(51)22-38(30,40)6/h19-20,29-34,50-51H,7-18,21-22H2,1-6H3. The molecule has 11 heteroatoms. The average molecular weight is 738 g/mol. The number of carbonyl (C=O) groups excluding carboxylic acids is 4. The van der Waals surface area contributed by atoms with E-state index >= 15 is 8.78 Å². The van der Waals surface area contributed by atoms with Crippen LogP contribution in [0.2, 0.25) is 0 Å². The monoisotopic (exact) mass is 737 g/mol. The van der Waals surface area contributed by atoms with Gasteiger partial charge in [-0.25, -0.2) is 8.78 Å². The Kier molecular flexibility index (Phi) is 8.37. The summed E-state index contributed by atoms with van der Waals surface area (Å²) in [5.41, 5.74) is -9.15. The molecule has 8 rings (SSSR count). The molecule has 1 radical (unpaired) electrons. The maximum atomic E-state index is 17.8. The third-order valence-electron chi connectivity index (χ3n) is 18.0. The Bertz CT molecular complexity index is 1610. The number of rotatable bonds is 6. The Morgan fingerprint density at radius 2 is 1.02 bits per heavy atom. The van der Waals surface area contributed by atoms with Crippen LogP contribution in [-0.2, 0) is 28.5 Å². The molecular formula is C42H56BF2O8. The van der Waals surface area contributed by atoms with Crippen LogP contribution in [0.15, 0.2) is 23.3 Å². The molecule has 53 heavy (non-hydrogen) atoms. The van der Waals surface area contributed by atoms with Gasteiger partial charge in [0.05, 0.1) is 12.2 Å². The summed E-state index contributed by atoms with van der Waals surface area (Å²) in [4.78, 5) is 52.4. The maximum Gasteiger partial charge on any atom is 0.489 e. The van der Waals surface area contributed by atoms with Gasteiger partial charge in [-0.05, 0) is 115 Å². The van der Waals surface area contributed by atoms with Crippen molar-refractivity contribution in [3.8, 4) is 0 Å². The summed E-state index contributed by atoms with van der Waals surface area (Å²) in [5.74, 6) is -2.20. The van der Waals surface area contributed by atoms with Crippen molar-refractivity contribution < 1.29 is 47.5 Å². The second-order valence-corrected chi connectivity index (χ2v) is 19.4. The van der Waals surface area contributed by atoms with E-state index in [1.54, 1.807) is 12.2 Å². The van der Waals surface area contributed by atoms with E-state index < -0.39 is 68.2 Å². The minimum atomic E-state index is -1.96. The van der Waals surface area contributed by atoms with Crippen LogP contribution >= 0.6 is 0 Å². The number of fused-ring (bicyclic) bond motifs is 10. The molecule has 8 aliphatic carbocycles. The van der Waals surface area contributed by atoms with Gasteiger partial charge in [0, 0.05) is 46.3 Å². The molecule has 0 saturated heterocycles. The summed E-state index contributed by atoms with van der Waals surface area (Å²) < 4.78 is 48.6. The third kappa shape index (κ3) is 4.37. The summed E-state index contributed by atoms with van der Waals surface area (Å²) in [6.45, 7) is 10.4. The largest absolute Gasteiger partial charge is 0.489 e. The molecule has 0 aromatic carbocycles. The number of alkyl halides is 2. The van der Waals surface area contributed by atoms with Crippen LogP contribution in [0, 0.1) is 45.3 Å². The molecule has 14 atom stereocenters. The lowest BCUT2D eigenvalue weighted by molar-refractivity contribution is -0.229. The van der Waals surface area contributed by atoms with E-state index in [0.717, 1.165) is 18.8 Å². The Morgan fingerprint density at radius 1 is 0.642 bits per heavy atom. The molecule has 0 heterocycles. The van der Waals surface area contributed by atoms with E-state index in [-0.39, 0.29) is 73.5 Å². The quantitative estimate of drug-likeness (QED) is 0.300. The van der Waals surface area contributed by atoms with E-state index in [0.29, 0.717) is 51.4 Å². The highest BCUT2D eigenvalue weighted by Crippen LogP contribution is 2.73. The summed E-state index contributed by atoms with van der Waals surface area (Å²) >= 11 is 0. The van der Waals surface area contributed by atoms with Gasteiger partial charge in [0.15, 0.2) is 23.1 Å². The van der Waals surface area contributed by atoms with E-state index in [1.165, 1.54) is 13.8 Å². The molecule has 0 aromatic heterocycles. The van der Waals surface area contributed by atoms with Gasteiger partial charge in [-0.15, -0.1) is 0 Å². The van der Waals surface area contributed by atoms with Crippen molar-refractivity contribution in [3.05, 3.63) is 23.3 Å². The summed E-state index contributed by atoms with van der Waals surface area (Å²) in [6, 6.07) is 0. The van der Waals surface area contributed by atoms with Crippen LogP contribution < -0.4 is 0 Å². The van der Waals surface area contributed by atoms with Gasteiger partial charge in [-0.1, -0.05) is 38.8 Å². The molecule has 0 amide bonds. The second-order valence-electron chi connectivity index (χ2n) is 19.4. The SMILES string of the molecule is CC(=O)C1(O[B]OC2(C(C)=O)CCC3C4CCC5=CC(=O)CCC5(C)C4(F)C(O)CC32C)CCC2C3CCC4=CC(=O)CCC4(C)C3(F)C(O)CC21C. The first-order chi connectivity index (χ1) is 24.7. The maximum absolute atomic E-state index is 17.8. The number of carbonyl (C=O) groups is 4. The van der Waals surface area contributed by atoms with Gasteiger partial charge in [0.1, 0.15) is 22.5 Å². The van der Waals surface area contributed by atoms with E-state index in [4.69, 9.17) is 9.31 Å². The lowest BCUT2D eigenvalue weighted by atomic mass is 9.43. The zero-order valence-corrected chi connectivity index (χ0v) is 32.2. The van der Waals surface area contributed by atoms with Gasteiger partial charge < -0.3 is 19.5 Å². The van der Waals surface area contributed by atoms with Crippen LogP contribution in [0.4, 0.5) is 8.78 Å². The van der Waals surface area contributed by atoms with Crippen LogP contribution in [0.5, 0.6) is 0 Å².